The number of halogens is 1. The van der Waals surface area contributed by atoms with Gasteiger partial charge in [0, 0.05) is 26.9 Å². The largest absolute Gasteiger partial charge is 0.496 e. The maximum absolute atomic E-state index is 12.5. The van der Waals surface area contributed by atoms with Crippen LogP contribution in [0.5, 0.6) is 5.75 Å². The van der Waals surface area contributed by atoms with E-state index in [0.29, 0.717) is 32.9 Å². The first kappa shape index (κ1) is 19.3. The van der Waals surface area contributed by atoms with Gasteiger partial charge in [-0.1, -0.05) is 11.6 Å². The summed E-state index contributed by atoms with van der Waals surface area (Å²) >= 11 is 7.72. The lowest BCUT2D eigenvalue weighted by molar-refractivity contribution is 0.0470. The van der Waals surface area contributed by atoms with Gasteiger partial charge in [-0.2, -0.15) is 0 Å². The van der Waals surface area contributed by atoms with E-state index in [2.05, 4.69) is 0 Å². The average Bonchev–Trinajstić information content (AvgIpc) is 2.66. The number of hydrogen-bond donors (Lipinski definition) is 0. The zero-order valence-corrected chi connectivity index (χ0v) is 16.6. The summed E-state index contributed by atoms with van der Waals surface area (Å²) in [6.45, 7) is 1.73. The third kappa shape index (κ3) is 4.12. The fourth-order valence-electron chi connectivity index (χ4n) is 2.66. The molecule has 0 atom stereocenters. The molecule has 0 bridgehead atoms. The van der Waals surface area contributed by atoms with Crippen LogP contribution < -0.4 is 10.4 Å². The molecule has 0 unspecified atom stereocenters. The molecule has 0 N–H and O–H groups in total. The molecule has 0 fully saturated rings. The van der Waals surface area contributed by atoms with Gasteiger partial charge in [0.25, 0.3) is 0 Å². The summed E-state index contributed by atoms with van der Waals surface area (Å²) in [5.74, 6) is -0.109. The molecule has 0 aliphatic heterocycles. The number of hydrogen-bond acceptors (Lipinski definition) is 6. The van der Waals surface area contributed by atoms with Gasteiger partial charge in [-0.15, -0.1) is 11.8 Å². The molecule has 0 aliphatic rings. The SMILES string of the molecule is COc1cc(SC)ccc1C(=O)OCc1cc(=O)oc2cc(C)c(Cl)cc12. The second kappa shape index (κ2) is 8.06. The molecule has 0 saturated heterocycles. The molecule has 0 saturated carbocycles. The molecule has 1 heterocycles. The lowest BCUT2D eigenvalue weighted by Gasteiger charge is -2.11. The van der Waals surface area contributed by atoms with Crippen molar-refractivity contribution in [2.45, 2.75) is 18.4 Å². The number of methoxy groups -OCH3 is 1. The summed E-state index contributed by atoms with van der Waals surface area (Å²) in [6, 6.07) is 9.94. The topological polar surface area (TPSA) is 65.7 Å². The molecule has 5 nitrogen and oxygen atoms in total. The molecule has 3 rings (SSSR count). The highest BCUT2D eigenvalue weighted by Crippen LogP contribution is 2.28. The Balaban J connectivity index is 1.90. The summed E-state index contributed by atoms with van der Waals surface area (Å²) in [6.07, 6.45) is 1.94. The van der Waals surface area contributed by atoms with Crippen molar-refractivity contribution in [3.8, 4) is 5.75 Å². The maximum Gasteiger partial charge on any atom is 0.342 e. The van der Waals surface area contributed by atoms with E-state index in [1.54, 1.807) is 36.0 Å². The van der Waals surface area contributed by atoms with Crippen molar-refractivity contribution in [3.63, 3.8) is 0 Å². The molecule has 1 aromatic heterocycles. The molecule has 0 amide bonds. The molecule has 0 aliphatic carbocycles. The molecular formula is C20H17ClO5S. The van der Waals surface area contributed by atoms with Gasteiger partial charge in [-0.25, -0.2) is 9.59 Å². The van der Waals surface area contributed by atoms with Gasteiger partial charge in [0.15, 0.2) is 0 Å². The van der Waals surface area contributed by atoms with Gasteiger partial charge in [0.05, 0.1) is 7.11 Å². The number of carbonyl (C=O) groups excluding carboxylic acids is 1. The zero-order valence-electron chi connectivity index (χ0n) is 15.0. The molecular weight excluding hydrogens is 388 g/mol. The van der Waals surface area contributed by atoms with Crippen LogP contribution in [-0.2, 0) is 11.3 Å². The minimum absolute atomic E-state index is 0.0895. The Hall–Kier alpha value is -2.44. The Labute approximate surface area is 165 Å². The predicted molar refractivity (Wildman–Crippen MR) is 106 cm³/mol. The first-order valence-electron chi connectivity index (χ1n) is 8.05. The highest BCUT2D eigenvalue weighted by atomic mass is 35.5. The number of esters is 1. The van der Waals surface area contributed by atoms with Crippen LogP contribution in [0.4, 0.5) is 0 Å². The van der Waals surface area contributed by atoms with Crippen molar-refractivity contribution in [1.82, 2.24) is 0 Å². The van der Waals surface area contributed by atoms with Gasteiger partial charge in [0.2, 0.25) is 0 Å². The molecule has 140 valence electrons. The number of carbonyl (C=O) groups is 1. The van der Waals surface area contributed by atoms with E-state index < -0.39 is 11.6 Å². The number of ether oxygens (including phenoxy) is 2. The summed E-state index contributed by atoms with van der Waals surface area (Å²) in [5, 5.41) is 1.17. The molecule has 2 aromatic carbocycles. The van der Waals surface area contributed by atoms with E-state index in [1.165, 1.54) is 13.2 Å². The van der Waals surface area contributed by atoms with Crippen molar-refractivity contribution >= 4 is 40.3 Å². The lowest BCUT2D eigenvalue weighted by atomic mass is 10.1. The van der Waals surface area contributed by atoms with Crippen LogP contribution in [-0.4, -0.2) is 19.3 Å². The zero-order chi connectivity index (χ0) is 19.6. The summed E-state index contributed by atoms with van der Waals surface area (Å²) in [7, 11) is 1.50. The van der Waals surface area contributed by atoms with Crippen LogP contribution in [0.25, 0.3) is 11.0 Å². The first-order chi connectivity index (χ1) is 12.9. The van der Waals surface area contributed by atoms with E-state index in [1.807, 2.05) is 19.2 Å². The minimum atomic E-state index is -0.542. The highest BCUT2D eigenvalue weighted by molar-refractivity contribution is 7.98. The van der Waals surface area contributed by atoms with Crippen LogP contribution in [0.3, 0.4) is 0 Å². The normalized spacial score (nSPS) is 10.8. The van der Waals surface area contributed by atoms with Crippen molar-refractivity contribution in [2.75, 3.05) is 13.4 Å². The standard InChI is InChI=1S/C20H17ClO5S/c1-11-6-18-15(9-16(11)21)12(7-19(22)26-18)10-25-20(23)14-5-4-13(27-3)8-17(14)24-2/h4-9H,10H2,1-3H3. The Morgan fingerprint density at radius 1 is 1.22 bits per heavy atom. The number of thioether (sulfide) groups is 1. The van der Waals surface area contributed by atoms with E-state index in [4.69, 9.17) is 25.5 Å². The molecule has 0 spiro atoms. The van der Waals surface area contributed by atoms with Crippen molar-refractivity contribution in [1.29, 1.82) is 0 Å². The van der Waals surface area contributed by atoms with E-state index >= 15 is 0 Å². The Bertz CT molecular complexity index is 1070. The van der Waals surface area contributed by atoms with Gasteiger partial charge in [-0.3, -0.25) is 0 Å². The molecule has 7 heteroatoms. The summed E-state index contributed by atoms with van der Waals surface area (Å²) in [4.78, 5) is 25.3. The Morgan fingerprint density at radius 2 is 2.00 bits per heavy atom. The third-order valence-corrected chi connectivity index (χ3v) is 5.23. The minimum Gasteiger partial charge on any atom is -0.496 e. The van der Waals surface area contributed by atoms with Crippen LogP contribution in [0.2, 0.25) is 5.02 Å². The fraction of sp³-hybridized carbons (Fsp3) is 0.200. The summed E-state index contributed by atoms with van der Waals surface area (Å²) in [5.41, 5.74) is 1.52. The highest BCUT2D eigenvalue weighted by Gasteiger charge is 2.16. The van der Waals surface area contributed by atoms with Gasteiger partial charge in [-0.05, 0) is 49.1 Å². The van der Waals surface area contributed by atoms with Crippen LogP contribution in [0.15, 0.2) is 50.5 Å². The molecule has 27 heavy (non-hydrogen) atoms. The summed E-state index contributed by atoms with van der Waals surface area (Å²) < 4.78 is 15.9. The number of fused-ring (bicyclic) bond motifs is 1. The molecule has 0 radical (unpaired) electrons. The fourth-order valence-corrected chi connectivity index (χ4v) is 3.25. The average molecular weight is 405 g/mol. The van der Waals surface area contributed by atoms with Crippen molar-refractivity contribution in [3.05, 3.63) is 68.5 Å². The number of rotatable bonds is 5. The van der Waals surface area contributed by atoms with Gasteiger partial charge >= 0.3 is 11.6 Å². The van der Waals surface area contributed by atoms with Crippen molar-refractivity contribution < 1.29 is 18.7 Å². The van der Waals surface area contributed by atoms with E-state index in [-0.39, 0.29) is 6.61 Å². The number of benzene rings is 2. The van der Waals surface area contributed by atoms with Gasteiger partial charge in [0.1, 0.15) is 23.5 Å². The Morgan fingerprint density at radius 3 is 2.70 bits per heavy atom. The second-order valence-electron chi connectivity index (χ2n) is 5.83. The van der Waals surface area contributed by atoms with Crippen molar-refractivity contribution in [2.24, 2.45) is 0 Å². The lowest BCUT2D eigenvalue weighted by Crippen LogP contribution is -2.09. The molecule has 3 aromatic rings. The van der Waals surface area contributed by atoms with Crippen LogP contribution in [0, 0.1) is 6.92 Å². The first-order valence-corrected chi connectivity index (χ1v) is 9.65. The monoisotopic (exact) mass is 404 g/mol. The number of aryl methyl sites for hydroxylation is 1. The maximum atomic E-state index is 12.5. The third-order valence-electron chi connectivity index (χ3n) is 4.10. The van der Waals surface area contributed by atoms with Gasteiger partial charge < -0.3 is 13.9 Å². The second-order valence-corrected chi connectivity index (χ2v) is 7.12. The smallest absolute Gasteiger partial charge is 0.342 e. The van der Waals surface area contributed by atoms with E-state index in [0.717, 1.165) is 10.5 Å². The van der Waals surface area contributed by atoms with E-state index in [9.17, 15) is 9.59 Å². The van der Waals surface area contributed by atoms with Crippen LogP contribution in [0.1, 0.15) is 21.5 Å². The quantitative estimate of drug-likeness (QED) is 0.344. The Kier molecular flexibility index (Phi) is 5.77. The predicted octanol–water partition coefficient (Wildman–Crippen LogP) is 4.84. The van der Waals surface area contributed by atoms with Crippen LogP contribution >= 0.6 is 23.4 Å².